The van der Waals surface area contributed by atoms with Crippen molar-refractivity contribution in [3.05, 3.63) is 54.1 Å². The molecule has 0 spiro atoms. The van der Waals surface area contributed by atoms with Crippen molar-refractivity contribution in [3.63, 3.8) is 0 Å². The highest BCUT2D eigenvalue weighted by molar-refractivity contribution is 6.05. The Bertz CT molecular complexity index is 1180. The van der Waals surface area contributed by atoms with Crippen molar-refractivity contribution in [2.75, 3.05) is 41.3 Å². The molecule has 2 fully saturated rings. The molecule has 9 N–H and O–H groups in total. The largest absolute Gasteiger partial charge is 0.350 e. The lowest BCUT2D eigenvalue weighted by Crippen LogP contribution is -2.55. The van der Waals surface area contributed by atoms with Gasteiger partial charge in [-0.1, -0.05) is 18.2 Å². The second-order valence-corrected chi connectivity index (χ2v) is 9.72. The third-order valence-corrected chi connectivity index (χ3v) is 6.55. The Kier molecular flexibility index (Phi) is 6.52. The molecule has 0 radical (unpaired) electrons. The van der Waals surface area contributed by atoms with Gasteiger partial charge < -0.3 is 38.1 Å². The van der Waals surface area contributed by atoms with Crippen LogP contribution in [0.5, 0.6) is 0 Å². The minimum Gasteiger partial charge on any atom is -0.350 e. The lowest BCUT2D eigenvalue weighted by atomic mass is 10.0. The molecule has 1 amide bonds. The third kappa shape index (κ3) is 5.20. The van der Waals surface area contributed by atoms with Gasteiger partial charge in [-0.15, -0.1) is 0 Å². The third-order valence-electron chi connectivity index (χ3n) is 6.55. The van der Waals surface area contributed by atoms with Gasteiger partial charge in [-0.05, 0) is 43.2 Å². The molecular weight excluding hydrogens is 442 g/mol. The van der Waals surface area contributed by atoms with Crippen molar-refractivity contribution in [1.29, 1.82) is 0 Å². The zero-order valence-electron chi connectivity index (χ0n) is 19.7. The van der Waals surface area contributed by atoms with Crippen molar-refractivity contribution in [2.45, 2.75) is 37.0 Å². The van der Waals surface area contributed by atoms with Crippen LogP contribution in [0.3, 0.4) is 0 Å². The first-order chi connectivity index (χ1) is 16.9. The number of carbonyl (C=O) groups is 1. The molecular formula is C25H33N9O. The zero-order valence-corrected chi connectivity index (χ0v) is 19.7. The average molecular weight is 476 g/mol. The second kappa shape index (κ2) is 9.74. The second-order valence-electron chi connectivity index (χ2n) is 9.72. The molecule has 1 aromatic heterocycles. The molecule has 3 heterocycles. The number of piperidine rings is 2. The molecule has 2 aliphatic heterocycles. The summed E-state index contributed by atoms with van der Waals surface area (Å²) < 4.78 is 0. The van der Waals surface area contributed by atoms with E-state index in [1.165, 1.54) is 0 Å². The minimum absolute atomic E-state index is 0.0365. The van der Waals surface area contributed by atoms with Crippen LogP contribution in [0.15, 0.2) is 48.5 Å². The van der Waals surface area contributed by atoms with Gasteiger partial charge in [0, 0.05) is 61.6 Å². The molecule has 0 saturated carbocycles. The van der Waals surface area contributed by atoms with E-state index in [1.54, 1.807) is 12.1 Å². The van der Waals surface area contributed by atoms with Crippen LogP contribution in [0, 0.1) is 0 Å². The zero-order chi connectivity index (χ0) is 24.5. The van der Waals surface area contributed by atoms with Gasteiger partial charge in [-0.3, -0.25) is 4.79 Å². The van der Waals surface area contributed by atoms with Crippen molar-refractivity contribution >= 4 is 34.3 Å². The fourth-order valence-electron chi connectivity index (χ4n) is 5.03. The minimum atomic E-state index is -0.181. The number of fused-ring (bicyclic) bond motifs is 1. The molecule has 3 aromatic rings. The summed E-state index contributed by atoms with van der Waals surface area (Å²) in [5.41, 5.74) is 27.8. The number of aromatic nitrogens is 2. The normalized spacial score (nSPS) is 25.0. The van der Waals surface area contributed by atoms with Crippen molar-refractivity contribution in [1.82, 2.24) is 9.97 Å². The van der Waals surface area contributed by atoms with Gasteiger partial charge in [-0.25, -0.2) is 9.97 Å². The maximum atomic E-state index is 12.6. The maximum absolute atomic E-state index is 12.6. The lowest BCUT2D eigenvalue weighted by Gasteiger charge is -2.40. The number of nitrogens with two attached hydrogens (primary N) is 4. The number of nitrogens with one attached hydrogen (secondary N) is 1. The molecule has 2 aromatic carbocycles. The summed E-state index contributed by atoms with van der Waals surface area (Å²) in [4.78, 5) is 26.9. The topological polar surface area (TPSA) is 165 Å². The van der Waals surface area contributed by atoms with Crippen molar-refractivity contribution in [2.24, 2.45) is 22.9 Å². The van der Waals surface area contributed by atoms with Crippen LogP contribution in [0.25, 0.3) is 11.0 Å². The fraction of sp³-hybridized carbons (Fsp3) is 0.400. The van der Waals surface area contributed by atoms with Gasteiger partial charge in [0.15, 0.2) is 11.6 Å². The van der Waals surface area contributed by atoms with Crippen LogP contribution in [-0.4, -0.2) is 66.2 Å². The fourth-order valence-corrected chi connectivity index (χ4v) is 5.03. The average Bonchev–Trinajstić information content (AvgIpc) is 2.82. The van der Waals surface area contributed by atoms with Gasteiger partial charge in [0.2, 0.25) is 0 Å². The number of rotatable bonds is 4. The quantitative estimate of drug-likeness (QED) is 0.363. The molecule has 4 atom stereocenters. The van der Waals surface area contributed by atoms with Crippen molar-refractivity contribution in [3.8, 4) is 0 Å². The van der Waals surface area contributed by atoms with Crippen LogP contribution < -0.4 is 38.1 Å². The van der Waals surface area contributed by atoms with Gasteiger partial charge in [0.1, 0.15) is 0 Å². The van der Waals surface area contributed by atoms with E-state index in [2.05, 4.69) is 15.1 Å². The summed E-state index contributed by atoms with van der Waals surface area (Å²) in [5, 5.41) is 2.95. The number of benzene rings is 2. The predicted molar refractivity (Wildman–Crippen MR) is 139 cm³/mol. The number of nitrogens with zero attached hydrogens (tertiary/aromatic N) is 4. The van der Waals surface area contributed by atoms with E-state index in [4.69, 9.17) is 32.9 Å². The molecule has 4 unspecified atom stereocenters. The molecule has 0 aliphatic carbocycles. The van der Waals surface area contributed by atoms with E-state index < -0.39 is 0 Å². The van der Waals surface area contributed by atoms with Gasteiger partial charge in [-0.2, -0.15) is 0 Å². The SMILES string of the molecule is NC1CC(N)CN(c2nc3ccc(NC(=O)c4ccccc4)cc3nc2N2CC(N)CC(N)C2)C1. The lowest BCUT2D eigenvalue weighted by molar-refractivity contribution is 0.102. The summed E-state index contributed by atoms with van der Waals surface area (Å²) in [6.45, 7) is 2.57. The molecule has 5 rings (SSSR count). The van der Waals surface area contributed by atoms with E-state index >= 15 is 0 Å². The van der Waals surface area contributed by atoms with Gasteiger partial charge in [0.25, 0.3) is 5.91 Å². The molecule has 10 nitrogen and oxygen atoms in total. The van der Waals surface area contributed by atoms with Gasteiger partial charge >= 0.3 is 0 Å². The summed E-state index contributed by atoms with van der Waals surface area (Å²) in [6, 6.07) is 14.5. The Morgan fingerprint density at radius 3 is 1.80 bits per heavy atom. The number of amides is 1. The first-order valence-corrected chi connectivity index (χ1v) is 12.1. The highest BCUT2D eigenvalue weighted by Gasteiger charge is 2.31. The first kappa shape index (κ1) is 23.4. The van der Waals surface area contributed by atoms with Crippen LogP contribution in [-0.2, 0) is 0 Å². The predicted octanol–water partition coefficient (Wildman–Crippen LogP) is 0.612. The van der Waals surface area contributed by atoms with Crippen molar-refractivity contribution < 1.29 is 4.79 Å². The summed E-state index contributed by atoms with van der Waals surface area (Å²) >= 11 is 0. The Morgan fingerprint density at radius 1 is 0.743 bits per heavy atom. The summed E-state index contributed by atoms with van der Waals surface area (Å²) in [7, 11) is 0. The van der Waals surface area contributed by atoms with E-state index in [-0.39, 0.29) is 30.1 Å². The first-order valence-electron chi connectivity index (χ1n) is 12.1. The monoisotopic (exact) mass is 475 g/mol. The summed E-state index contributed by atoms with van der Waals surface area (Å²) in [5.74, 6) is 1.28. The maximum Gasteiger partial charge on any atom is 0.255 e. The molecule has 35 heavy (non-hydrogen) atoms. The van der Waals surface area contributed by atoms with E-state index in [0.717, 1.165) is 30.0 Å². The highest BCUT2D eigenvalue weighted by Crippen LogP contribution is 2.32. The van der Waals surface area contributed by atoms with Gasteiger partial charge in [0.05, 0.1) is 11.0 Å². The van der Waals surface area contributed by atoms with E-state index in [1.807, 2.05) is 36.4 Å². The molecule has 0 bridgehead atoms. The Labute approximate surface area is 204 Å². The molecule has 10 heteroatoms. The number of carbonyl (C=O) groups excluding carboxylic acids is 1. The number of hydrogen-bond acceptors (Lipinski definition) is 9. The van der Waals surface area contributed by atoms with E-state index in [9.17, 15) is 4.79 Å². The summed E-state index contributed by atoms with van der Waals surface area (Å²) in [6.07, 6.45) is 1.54. The van der Waals surface area contributed by atoms with Crippen LogP contribution in [0.1, 0.15) is 23.2 Å². The molecule has 2 aliphatic rings. The molecule has 2 saturated heterocycles. The molecule has 184 valence electrons. The van der Waals surface area contributed by atoms with Crippen LogP contribution >= 0.6 is 0 Å². The highest BCUT2D eigenvalue weighted by atomic mass is 16.1. The number of anilines is 3. The Hall–Kier alpha value is -3.31. The van der Waals surface area contributed by atoms with Crippen LogP contribution in [0.2, 0.25) is 0 Å². The Balaban J connectivity index is 1.52. The van der Waals surface area contributed by atoms with E-state index in [0.29, 0.717) is 42.9 Å². The standard InChI is InChI=1S/C25H33N9O/c26-16-8-17(27)12-33(11-16)23-24(34-13-18(28)9-19(29)14-34)32-22-10-20(6-7-21(22)31-23)30-25(35)15-4-2-1-3-5-15/h1-7,10,16-19H,8-9,11-14,26-29H2,(H,30,35). The smallest absolute Gasteiger partial charge is 0.255 e. The van der Waals surface area contributed by atoms with Crippen LogP contribution in [0.4, 0.5) is 17.3 Å². The Morgan fingerprint density at radius 2 is 1.26 bits per heavy atom. The number of hydrogen-bond donors (Lipinski definition) is 5.